The van der Waals surface area contributed by atoms with E-state index in [0.717, 1.165) is 36.9 Å². The Morgan fingerprint density at radius 2 is 1.86 bits per heavy atom. The molecule has 0 atom stereocenters. The van der Waals surface area contributed by atoms with Crippen LogP contribution in [0.25, 0.3) is 22.4 Å². The van der Waals surface area contributed by atoms with Crippen LogP contribution in [0.4, 0.5) is 4.39 Å². The summed E-state index contributed by atoms with van der Waals surface area (Å²) in [4.78, 5) is 10.7. The number of benzene rings is 2. The fourth-order valence-corrected chi connectivity index (χ4v) is 5.17. The van der Waals surface area contributed by atoms with E-state index in [2.05, 4.69) is 6.07 Å². The normalized spacial score (nSPS) is 17.6. The second-order valence-corrected chi connectivity index (χ2v) is 9.68. The summed E-state index contributed by atoms with van der Waals surface area (Å²) in [5.41, 5.74) is 3.47. The number of ether oxygens (including phenoxy) is 1. The number of carbonyl (C=O) groups is 1. The van der Waals surface area contributed by atoms with E-state index >= 15 is 4.39 Å². The average Bonchev–Trinajstić information content (AvgIpc) is 3.23. The van der Waals surface area contributed by atoms with Gasteiger partial charge in [-0.2, -0.15) is 10.4 Å². The summed E-state index contributed by atoms with van der Waals surface area (Å²) in [7, 11) is 0. The summed E-state index contributed by atoms with van der Waals surface area (Å²) in [6.07, 6.45) is 4.61. The molecule has 0 unspecified atom stereocenters. The van der Waals surface area contributed by atoms with E-state index in [1.165, 1.54) is 6.07 Å². The molecular weight excluding hydrogens is 481 g/mol. The Labute approximate surface area is 215 Å². The van der Waals surface area contributed by atoms with Crippen LogP contribution in [-0.4, -0.2) is 34.1 Å². The highest BCUT2D eigenvalue weighted by Crippen LogP contribution is 2.39. The summed E-state index contributed by atoms with van der Waals surface area (Å²) >= 11 is 6.15. The molecule has 188 valence electrons. The number of aliphatic carboxylic acids is 1. The summed E-state index contributed by atoms with van der Waals surface area (Å²) in [6, 6.07) is 16.9. The first-order valence-electron chi connectivity index (χ1n) is 12.2. The molecule has 1 aliphatic rings. The fraction of sp³-hybridized carbons (Fsp3) is 0.393. The molecule has 6 nitrogen and oxygen atoms in total. The molecule has 0 bridgehead atoms. The lowest BCUT2D eigenvalue weighted by molar-refractivity contribution is -0.142. The zero-order valence-electron chi connectivity index (χ0n) is 20.0. The van der Waals surface area contributed by atoms with Crippen molar-refractivity contribution in [2.45, 2.75) is 45.1 Å². The van der Waals surface area contributed by atoms with Crippen molar-refractivity contribution < 1.29 is 19.0 Å². The molecule has 0 spiro atoms. The largest absolute Gasteiger partial charge is 0.480 e. The Morgan fingerprint density at radius 1 is 1.14 bits per heavy atom. The molecule has 4 rings (SSSR count). The third kappa shape index (κ3) is 6.13. The van der Waals surface area contributed by atoms with Crippen LogP contribution in [0.3, 0.4) is 0 Å². The molecule has 1 heterocycles. The summed E-state index contributed by atoms with van der Waals surface area (Å²) in [6.45, 7) is 0.872. The molecule has 0 aliphatic heterocycles. The molecule has 0 radical (unpaired) electrons. The van der Waals surface area contributed by atoms with Crippen LogP contribution >= 0.6 is 11.6 Å². The number of rotatable bonds is 10. The minimum absolute atomic E-state index is 0.0499. The van der Waals surface area contributed by atoms with Gasteiger partial charge in [0, 0.05) is 41.8 Å². The number of nitrogens with zero attached hydrogens (tertiary/aromatic N) is 3. The number of nitriles is 1. The van der Waals surface area contributed by atoms with E-state index in [9.17, 15) is 10.1 Å². The lowest BCUT2D eigenvalue weighted by atomic mass is 9.82. The van der Waals surface area contributed by atoms with Crippen molar-refractivity contribution in [1.29, 1.82) is 5.26 Å². The number of hydrogen-bond acceptors (Lipinski definition) is 4. The SMILES string of the molecule is N#CCCc1c(-c2cccc(Cl)c2F)c(-c2ccccc2)nn1CC1CCC(COCC(=O)O)CC1. The molecule has 2 aromatic carbocycles. The van der Waals surface area contributed by atoms with Crippen LogP contribution in [0.5, 0.6) is 0 Å². The van der Waals surface area contributed by atoms with E-state index < -0.39 is 11.8 Å². The van der Waals surface area contributed by atoms with Gasteiger partial charge in [0.25, 0.3) is 0 Å². The summed E-state index contributed by atoms with van der Waals surface area (Å²) in [5.74, 6) is -0.709. The third-order valence-electron chi connectivity index (χ3n) is 6.78. The van der Waals surface area contributed by atoms with Gasteiger partial charge in [0.15, 0.2) is 0 Å². The quantitative estimate of drug-likeness (QED) is 0.343. The molecule has 1 saturated carbocycles. The Bertz CT molecular complexity index is 1230. The number of carboxylic acids is 1. The smallest absolute Gasteiger partial charge is 0.329 e. The fourth-order valence-electron chi connectivity index (χ4n) is 4.99. The Balaban J connectivity index is 1.65. The molecule has 3 aromatic rings. The summed E-state index contributed by atoms with van der Waals surface area (Å²) < 4.78 is 22.5. The minimum atomic E-state index is -0.951. The van der Waals surface area contributed by atoms with Crippen molar-refractivity contribution >= 4 is 17.6 Å². The van der Waals surface area contributed by atoms with Crippen molar-refractivity contribution in [3.05, 3.63) is 65.1 Å². The van der Waals surface area contributed by atoms with Gasteiger partial charge < -0.3 is 9.84 Å². The molecule has 1 N–H and O–H groups in total. The van der Waals surface area contributed by atoms with Crippen LogP contribution in [-0.2, 0) is 22.5 Å². The van der Waals surface area contributed by atoms with Crippen LogP contribution < -0.4 is 0 Å². The van der Waals surface area contributed by atoms with Crippen LogP contribution in [0.1, 0.15) is 37.8 Å². The highest BCUT2D eigenvalue weighted by molar-refractivity contribution is 6.31. The van der Waals surface area contributed by atoms with Crippen molar-refractivity contribution in [2.75, 3.05) is 13.2 Å². The van der Waals surface area contributed by atoms with Crippen molar-refractivity contribution in [1.82, 2.24) is 9.78 Å². The second-order valence-electron chi connectivity index (χ2n) is 9.27. The Morgan fingerprint density at radius 3 is 2.56 bits per heavy atom. The van der Waals surface area contributed by atoms with Crippen LogP contribution in [0, 0.1) is 29.0 Å². The maximum Gasteiger partial charge on any atom is 0.329 e. The van der Waals surface area contributed by atoms with Crippen molar-refractivity contribution in [3.8, 4) is 28.5 Å². The molecular formula is C28H29ClFN3O3. The Hall–Kier alpha value is -3.21. The standard InChI is InChI=1S/C28H29ClFN3O3/c29-23-9-4-8-22(27(23)30)26-24(10-5-15-31)33(32-28(26)21-6-2-1-3-7-21)16-19-11-13-20(14-12-19)17-36-18-25(34)35/h1-4,6-9,19-20H,5,10-14,16-18H2,(H,34,35). The van der Waals surface area contributed by atoms with Gasteiger partial charge in [0.1, 0.15) is 18.1 Å². The summed E-state index contributed by atoms with van der Waals surface area (Å²) in [5, 5.41) is 23.1. The first-order chi connectivity index (χ1) is 17.5. The van der Waals surface area contributed by atoms with Crippen LogP contribution in [0.2, 0.25) is 5.02 Å². The zero-order chi connectivity index (χ0) is 25.5. The number of hydrogen-bond donors (Lipinski definition) is 1. The van der Waals surface area contributed by atoms with Gasteiger partial charge in [-0.1, -0.05) is 54.1 Å². The van der Waals surface area contributed by atoms with E-state index in [1.807, 2.05) is 35.0 Å². The van der Waals surface area contributed by atoms with Gasteiger partial charge in [0.05, 0.1) is 17.7 Å². The first-order valence-corrected chi connectivity index (χ1v) is 12.6. The monoisotopic (exact) mass is 509 g/mol. The van der Waals surface area contributed by atoms with Gasteiger partial charge in [-0.25, -0.2) is 9.18 Å². The predicted molar refractivity (Wildman–Crippen MR) is 136 cm³/mol. The maximum atomic E-state index is 15.3. The minimum Gasteiger partial charge on any atom is -0.480 e. The predicted octanol–water partition coefficient (Wildman–Crippen LogP) is 6.37. The Kier molecular flexibility index (Phi) is 8.74. The number of aromatic nitrogens is 2. The lowest BCUT2D eigenvalue weighted by Gasteiger charge is -2.28. The van der Waals surface area contributed by atoms with E-state index in [-0.39, 0.29) is 11.6 Å². The maximum absolute atomic E-state index is 15.3. The van der Waals surface area contributed by atoms with Gasteiger partial charge in [-0.3, -0.25) is 4.68 Å². The lowest BCUT2D eigenvalue weighted by Crippen LogP contribution is -2.24. The van der Waals surface area contributed by atoms with E-state index in [4.69, 9.17) is 26.5 Å². The number of carboxylic acid groups (broad SMARTS) is 1. The molecule has 0 saturated heterocycles. The molecule has 0 amide bonds. The third-order valence-corrected chi connectivity index (χ3v) is 7.07. The average molecular weight is 510 g/mol. The van der Waals surface area contributed by atoms with E-state index in [1.54, 1.807) is 12.1 Å². The molecule has 36 heavy (non-hydrogen) atoms. The number of halogens is 2. The first kappa shape index (κ1) is 25.9. The van der Waals surface area contributed by atoms with Crippen molar-refractivity contribution in [3.63, 3.8) is 0 Å². The zero-order valence-corrected chi connectivity index (χ0v) is 20.8. The van der Waals surface area contributed by atoms with Gasteiger partial charge >= 0.3 is 5.97 Å². The van der Waals surface area contributed by atoms with Gasteiger partial charge in [0.2, 0.25) is 0 Å². The topological polar surface area (TPSA) is 88.1 Å². The van der Waals surface area contributed by atoms with Crippen LogP contribution in [0.15, 0.2) is 48.5 Å². The highest BCUT2D eigenvalue weighted by atomic mass is 35.5. The molecule has 1 aromatic heterocycles. The highest BCUT2D eigenvalue weighted by Gasteiger charge is 2.27. The molecule has 1 fully saturated rings. The second kappa shape index (κ2) is 12.2. The van der Waals surface area contributed by atoms with Crippen molar-refractivity contribution in [2.24, 2.45) is 11.8 Å². The molecule has 1 aliphatic carbocycles. The van der Waals surface area contributed by atoms with E-state index in [0.29, 0.717) is 54.6 Å². The van der Waals surface area contributed by atoms with Gasteiger partial charge in [-0.05, 0) is 43.6 Å². The molecule has 8 heteroatoms. The van der Waals surface area contributed by atoms with Gasteiger partial charge in [-0.15, -0.1) is 0 Å².